The lowest BCUT2D eigenvalue weighted by atomic mass is 9.92. The van der Waals surface area contributed by atoms with Crippen LogP contribution in [0.1, 0.15) is 31.4 Å². The second kappa shape index (κ2) is 3.79. The molecule has 3 N–H and O–H groups in total. The minimum absolute atomic E-state index is 0.287. The smallest absolute Gasteiger partial charge is 0.174 e. The number of nitrogens with two attached hydrogens (primary N) is 1. The van der Waals surface area contributed by atoms with E-state index in [2.05, 4.69) is 17.1 Å². The van der Waals surface area contributed by atoms with Crippen molar-refractivity contribution in [3.8, 4) is 0 Å². The highest BCUT2D eigenvalue weighted by Gasteiger charge is 2.24. The van der Waals surface area contributed by atoms with Crippen LogP contribution in [0.3, 0.4) is 0 Å². The maximum Gasteiger partial charge on any atom is 0.174 e. The molecule has 1 fully saturated rings. The van der Waals surface area contributed by atoms with Crippen molar-refractivity contribution in [2.75, 3.05) is 12.3 Å². The Morgan fingerprint density at radius 1 is 1.64 bits per heavy atom. The molecular weight excluding hydrogens is 202 g/mol. The average molecular weight is 216 g/mol. The highest BCUT2D eigenvalue weighted by Crippen LogP contribution is 2.34. The zero-order valence-corrected chi connectivity index (χ0v) is 8.84. The number of aromatic nitrogens is 2. The Bertz CT molecular complexity index is 326. The van der Waals surface area contributed by atoms with E-state index in [-0.39, 0.29) is 6.10 Å². The number of aromatic amines is 1. The van der Waals surface area contributed by atoms with Crippen LogP contribution in [-0.4, -0.2) is 22.9 Å². The van der Waals surface area contributed by atoms with E-state index in [0.29, 0.717) is 16.8 Å². The molecule has 4 nitrogen and oxygen atoms in total. The minimum Gasteiger partial charge on any atom is -0.395 e. The average Bonchev–Trinajstić information content (AvgIpc) is 2.48. The Kier molecular flexibility index (Phi) is 2.65. The first-order valence-corrected chi connectivity index (χ1v) is 5.17. The number of nitrogen functional groups attached to an aromatic ring is 1. The maximum atomic E-state index is 5.81. The van der Waals surface area contributed by atoms with Crippen LogP contribution in [0.15, 0.2) is 0 Å². The third-order valence-corrected chi connectivity index (χ3v) is 2.97. The summed E-state index contributed by atoms with van der Waals surface area (Å²) in [6, 6.07) is 0. The molecular formula is C9H14ClN3O. The first kappa shape index (κ1) is 9.80. The molecule has 1 aliphatic rings. The monoisotopic (exact) mass is 215 g/mol. The summed E-state index contributed by atoms with van der Waals surface area (Å²) in [4.78, 5) is 0. The Morgan fingerprint density at radius 2 is 2.43 bits per heavy atom. The van der Waals surface area contributed by atoms with Gasteiger partial charge in [-0.3, -0.25) is 5.10 Å². The molecule has 0 aromatic carbocycles. The van der Waals surface area contributed by atoms with Crippen LogP contribution >= 0.6 is 11.6 Å². The number of ether oxygens (including phenoxy) is 1. The van der Waals surface area contributed by atoms with Gasteiger partial charge in [0.25, 0.3) is 0 Å². The lowest BCUT2D eigenvalue weighted by Crippen LogP contribution is -2.22. The van der Waals surface area contributed by atoms with Crippen LogP contribution in [0, 0.1) is 0 Å². The SMILES string of the molecule is CC1CC(c2[nH]nc(Cl)c2N)CCO1. The molecule has 2 rings (SSSR count). The Labute approximate surface area is 87.8 Å². The van der Waals surface area contributed by atoms with Gasteiger partial charge in [-0.1, -0.05) is 11.6 Å². The molecule has 0 bridgehead atoms. The molecule has 0 amide bonds. The van der Waals surface area contributed by atoms with Crippen LogP contribution < -0.4 is 5.73 Å². The first-order chi connectivity index (χ1) is 6.68. The number of nitrogens with zero attached hydrogens (tertiary/aromatic N) is 1. The minimum atomic E-state index is 0.287. The van der Waals surface area contributed by atoms with E-state index >= 15 is 0 Å². The molecule has 1 aromatic heterocycles. The van der Waals surface area contributed by atoms with Crippen molar-refractivity contribution in [2.24, 2.45) is 0 Å². The van der Waals surface area contributed by atoms with Gasteiger partial charge in [0.05, 0.1) is 17.5 Å². The van der Waals surface area contributed by atoms with Gasteiger partial charge in [-0.2, -0.15) is 5.10 Å². The fourth-order valence-corrected chi connectivity index (χ4v) is 2.06. The van der Waals surface area contributed by atoms with E-state index in [1.165, 1.54) is 0 Å². The summed E-state index contributed by atoms with van der Waals surface area (Å²) in [5.41, 5.74) is 7.36. The highest BCUT2D eigenvalue weighted by atomic mass is 35.5. The fourth-order valence-electron chi connectivity index (χ4n) is 1.91. The highest BCUT2D eigenvalue weighted by molar-refractivity contribution is 6.31. The van der Waals surface area contributed by atoms with Crippen molar-refractivity contribution in [1.29, 1.82) is 0 Å². The predicted molar refractivity (Wildman–Crippen MR) is 55.4 cm³/mol. The van der Waals surface area contributed by atoms with Crippen molar-refractivity contribution >= 4 is 17.3 Å². The molecule has 1 saturated heterocycles. The van der Waals surface area contributed by atoms with Crippen molar-refractivity contribution in [1.82, 2.24) is 10.2 Å². The number of hydrogen-bond acceptors (Lipinski definition) is 3. The van der Waals surface area contributed by atoms with Crippen LogP contribution in [0.5, 0.6) is 0 Å². The normalized spacial score (nSPS) is 27.9. The molecule has 0 radical (unpaired) electrons. The Hall–Kier alpha value is -0.740. The molecule has 2 atom stereocenters. The summed E-state index contributed by atoms with van der Waals surface area (Å²) < 4.78 is 5.47. The Balaban J connectivity index is 2.18. The number of hydrogen-bond donors (Lipinski definition) is 2. The van der Waals surface area contributed by atoms with Crippen LogP contribution in [0.4, 0.5) is 5.69 Å². The summed E-state index contributed by atoms with van der Waals surface area (Å²) in [7, 11) is 0. The van der Waals surface area contributed by atoms with Gasteiger partial charge in [0.15, 0.2) is 5.15 Å². The van der Waals surface area contributed by atoms with Crippen LogP contribution in [0.2, 0.25) is 5.15 Å². The summed E-state index contributed by atoms with van der Waals surface area (Å²) in [5, 5.41) is 7.17. The zero-order chi connectivity index (χ0) is 10.1. The zero-order valence-electron chi connectivity index (χ0n) is 8.09. The van der Waals surface area contributed by atoms with E-state index in [9.17, 15) is 0 Å². The number of nitrogens with one attached hydrogen (secondary N) is 1. The quantitative estimate of drug-likeness (QED) is 0.753. The van der Waals surface area contributed by atoms with E-state index < -0.39 is 0 Å². The lowest BCUT2D eigenvalue weighted by molar-refractivity contribution is 0.0181. The van der Waals surface area contributed by atoms with Crippen LogP contribution in [-0.2, 0) is 4.74 Å². The first-order valence-electron chi connectivity index (χ1n) is 4.79. The van der Waals surface area contributed by atoms with Crippen molar-refractivity contribution < 1.29 is 4.74 Å². The van der Waals surface area contributed by atoms with E-state index in [1.54, 1.807) is 0 Å². The molecule has 2 heterocycles. The predicted octanol–water partition coefficient (Wildman–Crippen LogP) is 1.93. The second-order valence-corrected chi connectivity index (χ2v) is 4.10. The Morgan fingerprint density at radius 3 is 3.00 bits per heavy atom. The third-order valence-electron chi connectivity index (χ3n) is 2.68. The summed E-state index contributed by atoms with van der Waals surface area (Å²) in [5.74, 6) is 0.402. The van der Waals surface area contributed by atoms with E-state index in [0.717, 1.165) is 25.1 Å². The number of H-pyrrole nitrogens is 1. The molecule has 78 valence electrons. The van der Waals surface area contributed by atoms with Gasteiger partial charge in [0.2, 0.25) is 0 Å². The van der Waals surface area contributed by atoms with E-state index in [4.69, 9.17) is 22.1 Å². The topological polar surface area (TPSA) is 63.9 Å². The van der Waals surface area contributed by atoms with Gasteiger partial charge in [-0.25, -0.2) is 0 Å². The van der Waals surface area contributed by atoms with Crippen molar-refractivity contribution in [3.05, 3.63) is 10.8 Å². The van der Waals surface area contributed by atoms with E-state index in [1.807, 2.05) is 0 Å². The molecule has 1 aromatic rings. The third kappa shape index (κ3) is 1.72. The van der Waals surface area contributed by atoms with Gasteiger partial charge >= 0.3 is 0 Å². The summed E-state index contributed by atoms with van der Waals surface area (Å²) >= 11 is 5.79. The molecule has 0 saturated carbocycles. The second-order valence-electron chi connectivity index (χ2n) is 3.74. The molecule has 5 heteroatoms. The number of halogens is 1. The maximum absolute atomic E-state index is 5.81. The standard InChI is InChI=1S/C9H14ClN3O/c1-5-4-6(2-3-14-5)8-7(11)9(10)13-12-8/h5-6H,2-4,11H2,1H3,(H,12,13). The van der Waals surface area contributed by atoms with Gasteiger partial charge in [-0.05, 0) is 19.8 Å². The van der Waals surface area contributed by atoms with Crippen molar-refractivity contribution in [3.63, 3.8) is 0 Å². The number of rotatable bonds is 1. The largest absolute Gasteiger partial charge is 0.395 e. The molecule has 1 aliphatic heterocycles. The molecule has 0 aliphatic carbocycles. The molecule has 14 heavy (non-hydrogen) atoms. The van der Waals surface area contributed by atoms with Crippen LogP contribution in [0.25, 0.3) is 0 Å². The summed E-state index contributed by atoms with van der Waals surface area (Å²) in [6.07, 6.45) is 2.24. The number of anilines is 1. The molecule has 0 spiro atoms. The fraction of sp³-hybridized carbons (Fsp3) is 0.667. The molecule has 2 unspecified atom stereocenters. The summed E-state index contributed by atoms with van der Waals surface area (Å²) in [6.45, 7) is 2.85. The van der Waals surface area contributed by atoms with Gasteiger partial charge in [0, 0.05) is 12.5 Å². The van der Waals surface area contributed by atoms with Gasteiger partial charge in [0.1, 0.15) is 0 Å². The van der Waals surface area contributed by atoms with Gasteiger partial charge in [-0.15, -0.1) is 0 Å². The lowest BCUT2D eigenvalue weighted by Gasteiger charge is -2.26. The van der Waals surface area contributed by atoms with Gasteiger partial charge < -0.3 is 10.5 Å². The van der Waals surface area contributed by atoms with Crippen molar-refractivity contribution in [2.45, 2.75) is 31.8 Å².